The van der Waals surface area contributed by atoms with Gasteiger partial charge in [-0.25, -0.2) is 4.79 Å². The molecule has 3 nitrogen and oxygen atoms in total. The highest BCUT2D eigenvalue weighted by atomic mass is 16.5. The fourth-order valence-corrected chi connectivity index (χ4v) is 0.829. The molecular weight excluding hydrogens is 168 g/mol. The van der Waals surface area contributed by atoms with Gasteiger partial charge in [-0.05, 0) is 13.3 Å². The Kier molecular flexibility index (Phi) is 5.39. The summed E-state index contributed by atoms with van der Waals surface area (Å²) >= 11 is 0. The Labute approximate surface area is 79.4 Å². The molecular formula is C10H18O3. The third kappa shape index (κ3) is 4.68. The molecule has 0 spiro atoms. The zero-order chi connectivity index (χ0) is 10.3. The largest absolute Gasteiger partial charge is 0.464 e. The lowest BCUT2D eigenvalue weighted by atomic mass is 10.0. The van der Waals surface area contributed by atoms with Crippen LogP contribution < -0.4 is 0 Å². The monoisotopic (exact) mass is 186 g/mol. The third-order valence-corrected chi connectivity index (χ3v) is 1.71. The molecule has 0 saturated carbocycles. The smallest absolute Gasteiger partial charge is 0.338 e. The number of aliphatic hydroxyl groups is 1. The van der Waals surface area contributed by atoms with E-state index >= 15 is 0 Å². The van der Waals surface area contributed by atoms with Gasteiger partial charge in [0.1, 0.15) is 0 Å². The van der Waals surface area contributed by atoms with Crippen LogP contribution in [0.5, 0.6) is 0 Å². The fourth-order valence-electron chi connectivity index (χ4n) is 0.829. The summed E-state index contributed by atoms with van der Waals surface area (Å²) in [7, 11) is 0. The van der Waals surface area contributed by atoms with Gasteiger partial charge in [0.05, 0.1) is 6.61 Å². The van der Waals surface area contributed by atoms with Crippen LogP contribution >= 0.6 is 0 Å². The van der Waals surface area contributed by atoms with Gasteiger partial charge in [0.15, 0.2) is 5.60 Å². The quantitative estimate of drug-likeness (QED) is 0.390. The molecule has 0 amide bonds. The minimum atomic E-state index is -1.42. The van der Waals surface area contributed by atoms with E-state index in [1.807, 2.05) is 6.92 Å². The molecule has 0 saturated heterocycles. The number of rotatable bonds is 6. The van der Waals surface area contributed by atoms with Gasteiger partial charge in [-0.2, -0.15) is 0 Å². The Morgan fingerprint density at radius 2 is 2.31 bits per heavy atom. The molecule has 0 aromatic rings. The van der Waals surface area contributed by atoms with E-state index in [1.165, 1.54) is 13.0 Å². The molecule has 1 atom stereocenters. The number of unbranched alkanes of at least 4 members (excludes halogenated alkanes) is 1. The van der Waals surface area contributed by atoms with Crippen LogP contribution in [0.25, 0.3) is 0 Å². The van der Waals surface area contributed by atoms with Crippen LogP contribution in [0.2, 0.25) is 0 Å². The van der Waals surface area contributed by atoms with Crippen molar-refractivity contribution in [2.24, 2.45) is 0 Å². The molecule has 1 unspecified atom stereocenters. The molecule has 0 aliphatic carbocycles. The molecule has 0 aromatic carbocycles. The lowest BCUT2D eigenvalue weighted by molar-refractivity contribution is -0.163. The maximum absolute atomic E-state index is 11.2. The number of esters is 1. The first-order valence-corrected chi connectivity index (χ1v) is 4.55. The van der Waals surface area contributed by atoms with Crippen molar-refractivity contribution in [2.75, 3.05) is 6.61 Å². The van der Waals surface area contributed by atoms with Crippen molar-refractivity contribution < 1.29 is 14.6 Å². The second-order valence-electron chi connectivity index (χ2n) is 3.26. The average Bonchev–Trinajstić information content (AvgIpc) is 2.04. The van der Waals surface area contributed by atoms with Crippen LogP contribution in [0.3, 0.4) is 0 Å². The Hall–Kier alpha value is -0.830. The van der Waals surface area contributed by atoms with Crippen molar-refractivity contribution in [1.82, 2.24) is 0 Å². The Morgan fingerprint density at radius 1 is 1.69 bits per heavy atom. The van der Waals surface area contributed by atoms with Crippen molar-refractivity contribution >= 4 is 5.97 Å². The Bertz CT molecular complexity index is 173. The average molecular weight is 186 g/mol. The SMILES string of the molecule is C=CCC(C)(O)C(=O)OCCCC. The van der Waals surface area contributed by atoms with Gasteiger partial charge in [0.2, 0.25) is 0 Å². The lowest BCUT2D eigenvalue weighted by Crippen LogP contribution is -2.36. The highest BCUT2D eigenvalue weighted by Gasteiger charge is 2.30. The molecule has 13 heavy (non-hydrogen) atoms. The molecule has 0 radical (unpaired) electrons. The first-order valence-electron chi connectivity index (χ1n) is 4.55. The number of carbonyl (C=O) groups excluding carboxylic acids is 1. The normalized spacial score (nSPS) is 14.7. The summed E-state index contributed by atoms with van der Waals surface area (Å²) in [4.78, 5) is 11.2. The summed E-state index contributed by atoms with van der Waals surface area (Å²) in [5, 5.41) is 9.54. The molecule has 0 aromatic heterocycles. The summed E-state index contributed by atoms with van der Waals surface area (Å²) in [5.74, 6) is -0.569. The van der Waals surface area contributed by atoms with Gasteiger partial charge in [0, 0.05) is 6.42 Å². The topological polar surface area (TPSA) is 46.5 Å². The third-order valence-electron chi connectivity index (χ3n) is 1.71. The van der Waals surface area contributed by atoms with Gasteiger partial charge in [-0.3, -0.25) is 0 Å². The van der Waals surface area contributed by atoms with E-state index in [1.54, 1.807) is 0 Å². The van der Waals surface area contributed by atoms with Crippen LogP contribution in [0.4, 0.5) is 0 Å². The van der Waals surface area contributed by atoms with Crippen LogP contribution in [0, 0.1) is 0 Å². The first-order chi connectivity index (χ1) is 6.04. The number of hydrogen-bond acceptors (Lipinski definition) is 3. The van der Waals surface area contributed by atoms with E-state index in [0.29, 0.717) is 6.61 Å². The fraction of sp³-hybridized carbons (Fsp3) is 0.700. The van der Waals surface area contributed by atoms with Crippen LogP contribution in [0.1, 0.15) is 33.1 Å². The van der Waals surface area contributed by atoms with Crippen molar-refractivity contribution in [3.63, 3.8) is 0 Å². The van der Waals surface area contributed by atoms with E-state index in [2.05, 4.69) is 6.58 Å². The van der Waals surface area contributed by atoms with Gasteiger partial charge >= 0.3 is 5.97 Å². The molecule has 0 aliphatic heterocycles. The van der Waals surface area contributed by atoms with Crippen molar-refractivity contribution in [1.29, 1.82) is 0 Å². The summed E-state index contributed by atoms with van der Waals surface area (Å²) in [6.07, 6.45) is 3.52. The minimum Gasteiger partial charge on any atom is -0.464 e. The van der Waals surface area contributed by atoms with E-state index < -0.39 is 11.6 Å². The predicted octanol–water partition coefficient (Wildman–Crippen LogP) is 1.66. The first kappa shape index (κ1) is 12.2. The molecule has 0 rings (SSSR count). The minimum absolute atomic E-state index is 0.220. The van der Waals surface area contributed by atoms with E-state index in [4.69, 9.17) is 4.74 Å². The maximum atomic E-state index is 11.2. The predicted molar refractivity (Wildman–Crippen MR) is 51.3 cm³/mol. The van der Waals surface area contributed by atoms with E-state index in [0.717, 1.165) is 12.8 Å². The summed E-state index contributed by atoms with van der Waals surface area (Å²) in [6, 6.07) is 0. The zero-order valence-electron chi connectivity index (χ0n) is 8.38. The summed E-state index contributed by atoms with van der Waals surface area (Å²) in [5.41, 5.74) is -1.42. The lowest BCUT2D eigenvalue weighted by Gasteiger charge is -2.19. The summed E-state index contributed by atoms with van der Waals surface area (Å²) < 4.78 is 4.86. The van der Waals surface area contributed by atoms with Gasteiger partial charge in [-0.1, -0.05) is 19.4 Å². The second-order valence-corrected chi connectivity index (χ2v) is 3.26. The maximum Gasteiger partial charge on any atom is 0.338 e. The Morgan fingerprint density at radius 3 is 2.77 bits per heavy atom. The second kappa shape index (κ2) is 5.75. The molecule has 3 heteroatoms. The van der Waals surface area contributed by atoms with E-state index in [-0.39, 0.29) is 6.42 Å². The molecule has 0 aliphatic rings. The van der Waals surface area contributed by atoms with Crippen molar-refractivity contribution in [3.8, 4) is 0 Å². The highest BCUT2D eigenvalue weighted by Crippen LogP contribution is 2.12. The number of ether oxygens (including phenoxy) is 1. The van der Waals surface area contributed by atoms with Crippen molar-refractivity contribution in [2.45, 2.75) is 38.7 Å². The number of carbonyl (C=O) groups is 1. The molecule has 1 N–H and O–H groups in total. The molecule has 0 bridgehead atoms. The zero-order valence-corrected chi connectivity index (χ0v) is 8.38. The van der Waals surface area contributed by atoms with Gasteiger partial charge < -0.3 is 9.84 Å². The highest BCUT2D eigenvalue weighted by molar-refractivity contribution is 5.78. The van der Waals surface area contributed by atoms with E-state index in [9.17, 15) is 9.90 Å². The molecule has 0 heterocycles. The number of hydrogen-bond donors (Lipinski definition) is 1. The standard InChI is InChI=1S/C10H18O3/c1-4-6-8-13-9(11)10(3,12)7-5-2/h5,12H,2,4,6-8H2,1,3H3. The van der Waals surface area contributed by atoms with Crippen LogP contribution in [-0.4, -0.2) is 23.3 Å². The molecule has 0 fully saturated rings. The van der Waals surface area contributed by atoms with Crippen molar-refractivity contribution in [3.05, 3.63) is 12.7 Å². The van der Waals surface area contributed by atoms with Crippen LogP contribution in [-0.2, 0) is 9.53 Å². The van der Waals surface area contributed by atoms with Gasteiger partial charge in [-0.15, -0.1) is 6.58 Å². The summed E-state index contributed by atoms with van der Waals surface area (Å²) in [6.45, 7) is 7.28. The molecule has 76 valence electrons. The Balaban J connectivity index is 3.86. The van der Waals surface area contributed by atoms with Crippen LogP contribution in [0.15, 0.2) is 12.7 Å². The van der Waals surface area contributed by atoms with Gasteiger partial charge in [0.25, 0.3) is 0 Å².